The highest BCUT2D eigenvalue weighted by Crippen LogP contribution is 2.16. The van der Waals surface area contributed by atoms with Gasteiger partial charge in [-0.05, 0) is 51.4 Å². The van der Waals surface area contributed by atoms with Gasteiger partial charge in [0.05, 0.1) is 0 Å². The predicted octanol–water partition coefficient (Wildman–Crippen LogP) is 3.38. The van der Waals surface area contributed by atoms with E-state index in [-0.39, 0.29) is 12.4 Å². The summed E-state index contributed by atoms with van der Waals surface area (Å²) in [6, 6.07) is 9.71. The molecule has 0 unspecified atom stereocenters. The highest BCUT2D eigenvalue weighted by molar-refractivity contribution is 5.85. The van der Waals surface area contributed by atoms with Gasteiger partial charge in [0.1, 0.15) is 0 Å². The number of hydrogen-bond acceptors (Lipinski definition) is 2. The minimum Gasteiger partial charge on any atom is -0.317 e. The number of nitrogens with zero attached hydrogens (tertiary/aromatic N) is 1. The van der Waals surface area contributed by atoms with Crippen molar-refractivity contribution in [1.82, 2.24) is 10.2 Å². The van der Waals surface area contributed by atoms with Gasteiger partial charge in [0.15, 0.2) is 0 Å². The van der Waals surface area contributed by atoms with Gasteiger partial charge in [-0.2, -0.15) is 0 Å². The van der Waals surface area contributed by atoms with Crippen molar-refractivity contribution in [1.29, 1.82) is 0 Å². The Labute approximate surface area is 124 Å². The van der Waals surface area contributed by atoms with Gasteiger partial charge in [-0.3, -0.25) is 4.90 Å². The van der Waals surface area contributed by atoms with Crippen LogP contribution >= 0.6 is 12.4 Å². The molecule has 1 aromatic rings. The van der Waals surface area contributed by atoms with Crippen LogP contribution in [0.25, 0.3) is 0 Å². The van der Waals surface area contributed by atoms with Crippen molar-refractivity contribution in [3.8, 4) is 0 Å². The van der Waals surface area contributed by atoms with E-state index < -0.39 is 0 Å². The van der Waals surface area contributed by atoms with Crippen molar-refractivity contribution in [3.05, 3.63) is 35.4 Å². The molecule has 0 aromatic heterocycles. The molecule has 0 spiro atoms. The first-order valence-corrected chi connectivity index (χ1v) is 7.30. The van der Waals surface area contributed by atoms with Gasteiger partial charge in [-0.25, -0.2) is 0 Å². The second-order valence-electron chi connectivity index (χ2n) is 5.44. The number of hydrogen-bond donors (Lipinski definition) is 1. The third-order valence-corrected chi connectivity index (χ3v) is 3.80. The van der Waals surface area contributed by atoms with Crippen molar-refractivity contribution in [2.24, 2.45) is 0 Å². The van der Waals surface area contributed by atoms with E-state index >= 15 is 0 Å². The molecule has 2 nitrogen and oxygen atoms in total. The second kappa shape index (κ2) is 8.57. The zero-order valence-electron chi connectivity index (χ0n) is 12.2. The van der Waals surface area contributed by atoms with Crippen molar-refractivity contribution < 1.29 is 0 Å². The smallest absolute Gasteiger partial charge is 0.0236 e. The van der Waals surface area contributed by atoms with Crippen LogP contribution in [0.2, 0.25) is 0 Å². The fourth-order valence-electron chi connectivity index (χ4n) is 2.89. The quantitative estimate of drug-likeness (QED) is 0.891. The van der Waals surface area contributed by atoms with E-state index in [1.807, 2.05) is 0 Å². The molecular weight excluding hydrogens is 256 g/mol. The molecule has 2 rings (SSSR count). The van der Waals surface area contributed by atoms with Crippen LogP contribution < -0.4 is 5.32 Å². The molecule has 0 amide bonds. The highest BCUT2D eigenvalue weighted by Gasteiger charge is 2.20. The maximum absolute atomic E-state index is 3.46. The van der Waals surface area contributed by atoms with Gasteiger partial charge in [0.2, 0.25) is 0 Å². The maximum Gasteiger partial charge on any atom is 0.0236 e. The Kier molecular flexibility index (Phi) is 7.44. The predicted molar refractivity (Wildman–Crippen MR) is 85.0 cm³/mol. The lowest BCUT2D eigenvalue weighted by Gasteiger charge is -2.34. The minimum atomic E-state index is 0. The van der Waals surface area contributed by atoms with Crippen molar-refractivity contribution in [2.75, 3.05) is 19.6 Å². The molecule has 0 aliphatic carbocycles. The normalized spacial score (nSPS) is 16.4. The Morgan fingerprint density at radius 3 is 2.63 bits per heavy atom. The molecule has 0 radical (unpaired) electrons. The Hall–Kier alpha value is -0.570. The molecular formula is C16H27ClN2. The zero-order chi connectivity index (χ0) is 12.8. The molecule has 1 saturated heterocycles. The number of halogens is 1. The van der Waals surface area contributed by atoms with Crippen LogP contribution in [0.3, 0.4) is 0 Å². The summed E-state index contributed by atoms with van der Waals surface area (Å²) in [6.45, 7) is 9.15. The summed E-state index contributed by atoms with van der Waals surface area (Å²) in [6.07, 6.45) is 3.84. The maximum atomic E-state index is 3.46. The first-order valence-electron chi connectivity index (χ1n) is 7.30. The first kappa shape index (κ1) is 16.5. The highest BCUT2D eigenvalue weighted by atomic mass is 35.5. The molecule has 19 heavy (non-hydrogen) atoms. The standard InChI is InChI=1S/C16H26N2.ClH/c1-3-11-18(16-7-9-17-10-8-16)13-15-6-4-5-14(2)12-15;/h4-6,12,16-17H,3,7-11,13H2,1-2H3;1H. The Balaban J connectivity index is 0.00000180. The monoisotopic (exact) mass is 282 g/mol. The molecule has 108 valence electrons. The summed E-state index contributed by atoms with van der Waals surface area (Å²) in [7, 11) is 0. The van der Waals surface area contributed by atoms with E-state index in [0.29, 0.717) is 0 Å². The topological polar surface area (TPSA) is 15.3 Å². The number of nitrogens with one attached hydrogen (secondary N) is 1. The van der Waals surface area contributed by atoms with Crippen LogP contribution in [-0.2, 0) is 6.54 Å². The van der Waals surface area contributed by atoms with Crippen LogP contribution in [-0.4, -0.2) is 30.6 Å². The van der Waals surface area contributed by atoms with Crippen LogP contribution in [0.4, 0.5) is 0 Å². The van der Waals surface area contributed by atoms with E-state index in [0.717, 1.165) is 12.6 Å². The molecule has 0 bridgehead atoms. The fraction of sp³-hybridized carbons (Fsp3) is 0.625. The third kappa shape index (κ3) is 5.13. The Bertz CT molecular complexity index is 362. The van der Waals surface area contributed by atoms with E-state index in [9.17, 15) is 0 Å². The average molecular weight is 283 g/mol. The van der Waals surface area contributed by atoms with Crippen LogP contribution in [0, 0.1) is 6.92 Å². The summed E-state index contributed by atoms with van der Waals surface area (Å²) >= 11 is 0. The molecule has 1 aliphatic rings. The average Bonchev–Trinajstić information content (AvgIpc) is 2.39. The number of aryl methyl sites for hydroxylation is 1. The molecule has 0 saturated carbocycles. The van der Waals surface area contributed by atoms with E-state index in [2.05, 4.69) is 48.3 Å². The Morgan fingerprint density at radius 1 is 1.26 bits per heavy atom. The van der Waals surface area contributed by atoms with Gasteiger partial charge in [-0.15, -0.1) is 12.4 Å². The lowest BCUT2D eigenvalue weighted by Crippen LogP contribution is -2.43. The van der Waals surface area contributed by atoms with Gasteiger partial charge in [0.25, 0.3) is 0 Å². The number of rotatable bonds is 5. The summed E-state index contributed by atoms with van der Waals surface area (Å²) in [5.41, 5.74) is 2.83. The lowest BCUT2D eigenvalue weighted by atomic mass is 10.0. The minimum absolute atomic E-state index is 0. The van der Waals surface area contributed by atoms with Crippen LogP contribution in [0.15, 0.2) is 24.3 Å². The van der Waals surface area contributed by atoms with Crippen molar-refractivity contribution in [3.63, 3.8) is 0 Å². The van der Waals surface area contributed by atoms with Crippen LogP contribution in [0.5, 0.6) is 0 Å². The van der Waals surface area contributed by atoms with Crippen LogP contribution in [0.1, 0.15) is 37.3 Å². The van der Waals surface area contributed by atoms with Gasteiger partial charge >= 0.3 is 0 Å². The number of piperidine rings is 1. The number of benzene rings is 1. The van der Waals surface area contributed by atoms with Gasteiger partial charge < -0.3 is 5.32 Å². The largest absolute Gasteiger partial charge is 0.317 e. The Morgan fingerprint density at radius 2 is 2.00 bits per heavy atom. The first-order chi connectivity index (χ1) is 8.79. The van der Waals surface area contributed by atoms with E-state index in [1.54, 1.807) is 0 Å². The van der Waals surface area contributed by atoms with E-state index in [1.165, 1.54) is 50.0 Å². The van der Waals surface area contributed by atoms with E-state index in [4.69, 9.17) is 0 Å². The van der Waals surface area contributed by atoms with Crippen molar-refractivity contribution >= 4 is 12.4 Å². The molecule has 0 atom stereocenters. The zero-order valence-corrected chi connectivity index (χ0v) is 13.0. The summed E-state index contributed by atoms with van der Waals surface area (Å²) < 4.78 is 0. The SMILES string of the molecule is CCCN(Cc1cccc(C)c1)C1CCNCC1.Cl. The molecule has 3 heteroatoms. The fourth-order valence-corrected chi connectivity index (χ4v) is 2.89. The van der Waals surface area contributed by atoms with Gasteiger partial charge in [0, 0.05) is 12.6 Å². The molecule has 1 aromatic carbocycles. The third-order valence-electron chi connectivity index (χ3n) is 3.80. The molecule has 1 aliphatic heterocycles. The summed E-state index contributed by atoms with van der Waals surface area (Å²) in [5.74, 6) is 0. The molecule has 1 N–H and O–H groups in total. The lowest BCUT2D eigenvalue weighted by molar-refractivity contribution is 0.154. The molecule has 1 fully saturated rings. The van der Waals surface area contributed by atoms with Gasteiger partial charge in [-0.1, -0.05) is 36.8 Å². The second-order valence-corrected chi connectivity index (χ2v) is 5.44. The van der Waals surface area contributed by atoms with Crippen molar-refractivity contribution in [2.45, 2.75) is 45.7 Å². The summed E-state index contributed by atoms with van der Waals surface area (Å²) in [5, 5.41) is 3.46. The molecule has 1 heterocycles. The summed E-state index contributed by atoms with van der Waals surface area (Å²) in [4.78, 5) is 2.68.